The summed E-state index contributed by atoms with van der Waals surface area (Å²) in [5.41, 5.74) is 8.96. The van der Waals surface area contributed by atoms with Gasteiger partial charge < -0.3 is 26.4 Å². The van der Waals surface area contributed by atoms with Gasteiger partial charge >= 0.3 is 0 Å². The minimum Gasteiger partial charge on any atom is -0.391 e. The number of hydrogen-bond donors (Lipinski definition) is 5. The maximum absolute atomic E-state index is 14.3. The lowest BCUT2D eigenvalue weighted by atomic mass is 9.90. The Bertz CT molecular complexity index is 948. The molecule has 1 aliphatic rings. The topological polar surface area (TPSA) is 152 Å². The van der Waals surface area contributed by atoms with E-state index in [-0.39, 0.29) is 17.0 Å². The number of nitrogens with one attached hydrogen (secondary N) is 1. The Morgan fingerprint density at radius 2 is 2.32 bits per heavy atom. The molecule has 1 aliphatic heterocycles. The molecular weight excluding hydrogens is 357 g/mol. The highest BCUT2D eigenvalue weighted by molar-refractivity contribution is 6.30. The predicted molar refractivity (Wildman–Crippen MR) is 86.9 cm³/mol. The van der Waals surface area contributed by atoms with Gasteiger partial charge in [0.15, 0.2) is 23.2 Å². The Morgan fingerprint density at radius 3 is 2.92 bits per heavy atom. The van der Waals surface area contributed by atoms with Crippen LogP contribution in [0.25, 0.3) is 11.0 Å². The van der Waals surface area contributed by atoms with Gasteiger partial charge in [0, 0.05) is 11.6 Å². The second-order valence-electron chi connectivity index (χ2n) is 5.83. The fourth-order valence-electron chi connectivity index (χ4n) is 2.95. The number of anilines is 1. The third kappa shape index (κ3) is 2.57. The molecule has 134 valence electrons. The van der Waals surface area contributed by atoms with Gasteiger partial charge in [-0.05, 0) is 18.5 Å². The summed E-state index contributed by atoms with van der Waals surface area (Å²) in [5, 5.41) is 22.0. The summed E-state index contributed by atoms with van der Waals surface area (Å²) in [5.74, 6) is 1.30. The second kappa shape index (κ2) is 5.98. The molecule has 0 aromatic carbocycles. The molecule has 5 atom stereocenters. The van der Waals surface area contributed by atoms with E-state index >= 15 is 0 Å². The van der Waals surface area contributed by atoms with E-state index in [1.807, 2.05) is 0 Å². The molecule has 1 saturated heterocycles. The Hall–Kier alpha value is -2.16. The van der Waals surface area contributed by atoms with Crippen LogP contribution in [0.2, 0.25) is 0 Å². The predicted octanol–water partition coefficient (Wildman–Crippen LogP) is -1.02. The molecule has 0 amide bonds. The molecule has 25 heavy (non-hydrogen) atoms. The van der Waals surface area contributed by atoms with Crippen LogP contribution in [-0.4, -0.2) is 48.6 Å². The third-order valence-corrected chi connectivity index (χ3v) is 4.24. The Morgan fingerprint density at radius 1 is 1.64 bits per heavy atom. The summed E-state index contributed by atoms with van der Waals surface area (Å²) in [6.07, 6.45) is -4.01. The van der Waals surface area contributed by atoms with Crippen LogP contribution in [0.4, 0.5) is 10.3 Å². The number of nitrogens with two attached hydrogens (primary N) is 2. The highest BCUT2D eigenvalue weighted by Crippen LogP contribution is 2.39. The monoisotopic (exact) mass is 371 g/mol. The number of ether oxygens (including phenoxy) is 1. The first kappa shape index (κ1) is 17.7. The number of aromatic nitrogens is 3. The molecule has 2 aromatic rings. The summed E-state index contributed by atoms with van der Waals surface area (Å²) in [4.78, 5) is 18.0. The van der Waals surface area contributed by atoms with Gasteiger partial charge in [-0.1, -0.05) is 5.92 Å². The van der Waals surface area contributed by atoms with Crippen molar-refractivity contribution in [3.8, 4) is 11.3 Å². The van der Waals surface area contributed by atoms with Gasteiger partial charge in [-0.15, -0.1) is 0 Å². The number of fused-ring (bicyclic) bond motifs is 1. The summed E-state index contributed by atoms with van der Waals surface area (Å²) in [6.45, 7) is 1.39. The number of aliphatic hydroxyl groups excluding tert-OH is 2. The average Bonchev–Trinajstić information content (AvgIpc) is 2.96. The van der Waals surface area contributed by atoms with Gasteiger partial charge in [0.1, 0.15) is 17.6 Å². The maximum atomic E-state index is 14.3. The van der Waals surface area contributed by atoms with E-state index in [9.17, 15) is 19.4 Å². The van der Waals surface area contributed by atoms with Gasteiger partial charge in [-0.25, -0.2) is 4.39 Å². The first-order valence-electron chi connectivity index (χ1n) is 7.19. The van der Waals surface area contributed by atoms with Crippen LogP contribution in [0.3, 0.4) is 0 Å². The summed E-state index contributed by atoms with van der Waals surface area (Å²) >= 11 is 5.45. The normalized spacial score (nSPS) is 30.2. The number of nitrogens with zero attached hydrogens (tertiary/aromatic N) is 2. The number of hydrogen-bond acceptors (Lipinski definition) is 7. The van der Waals surface area contributed by atoms with E-state index in [1.54, 1.807) is 0 Å². The van der Waals surface area contributed by atoms with Crippen molar-refractivity contribution in [2.45, 2.75) is 37.0 Å². The van der Waals surface area contributed by atoms with Gasteiger partial charge in [-0.2, -0.15) is 4.98 Å². The van der Waals surface area contributed by atoms with Gasteiger partial charge in [0.2, 0.25) is 5.95 Å². The molecular formula is C14H15ClFN5O4. The lowest BCUT2D eigenvalue weighted by Gasteiger charge is -2.27. The highest BCUT2D eigenvalue weighted by Gasteiger charge is 2.56. The fourth-order valence-corrected chi connectivity index (χ4v) is 3.12. The van der Waals surface area contributed by atoms with E-state index < -0.39 is 41.5 Å². The number of aliphatic hydroxyl groups is 2. The first-order chi connectivity index (χ1) is 11.7. The van der Waals surface area contributed by atoms with Crippen LogP contribution in [0.5, 0.6) is 0 Å². The molecule has 0 saturated carbocycles. The van der Waals surface area contributed by atoms with Crippen molar-refractivity contribution in [2.24, 2.45) is 5.73 Å². The van der Waals surface area contributed by atoms with E-state index in [0.717, 1.165) is 10.8 Å². The number of H-pyrrole nitrogens is 1. The van der Waals surface area contributed by atoms with E-state index in [4.69, 9.17) is 27.8 Å². The van der Waals surface area contributed by atoms with Crippen molar-refractivity contribution in [3.05, 3.63) is 22.4 Å². The smallest absolute Gasteiger partial charge is 0.264 e. The van der Waals surface area contributed by atoms with Crippen LogP contribution in [0.15, 0.2) is 11.0 Å². The molecule has 0 radical (unpaired) electrons. The van der Waals surface area contributed by atoms with Crippen molar-refractivity contribution in [1.29, 1.82) is 0 Å². The van der Waals surface area contributed by atoms with E-state index in [2.05, 4.69) is 21.3 Å². The molecule has 11 heteroatoms. The van der Waals surface area contributed by atoms with Crippen LogP contribution < -0.4 is 17.0 Å². The Balaban J connectivity index is 2.25. The second-order valence-corrected chi connectivity index (χ2v) is 6.01. The molecule has 1 fully saturated rings. The van der Waals surface area contributed by atoms with Gasteiger partial charge in [0.05, 0.1) is 6.10 Å². The molecule has 0 bridgehead atoms. The molecule has 2 aromatic heterocycles. The minimum atomic E-state index is -1.79. The van der Waals surface area contributed by atoms with Crippen molar-refractivity contribution >= 4 is 28.6 Å². The molecule has 0 aliphatic carbocycles. The number of aromatic amines is 1. The summed E-state index contributed by atoms with van der Waals surface area (Å²) in [6, 6.07) is 0. The lowest BCUT2D eigenvalue weighted by Crippen LogP contribution is -2.54. The summed E-state index contributed by atoms with van der Waals surface area (Å²) < 4.78 is 21.0. The average molecular weight is 372 g/mol. The highest BCUT2D eigenvalue weighted by atomic mass is 35.5. The Kier molecular flexibility index (Phi) is 4.22. The quantitative estimate of drug-likeness (QED) is 0.424. The SMILES string of the molecule is C[C@@H](O)[C@H]1O[C@@H](n2cc(F)c3c(=O)[nH]c(N)nc32)C(N)(C#CCl)[C@H]1O. The van der Waals surface area contributed by atoms with Crippen molar-refractivity contribution < 1.29 is 19.3 Å². The van der Waals surface area contributed by atoms with Crippen LogP contribution in [0, 0.1) is 17.1 Å². The largest absolute Gasteiger partial charge is 0.391 e. The molecule has 0 spiro atoms. The maximum Gasteiger partial charge on any atom is 0.264 e. The first-order valence-corrected chi connectivity index (χ1v) is 7.57. The molecule has 7 N–H and O–H groups in total. The molecule has 9 nitrogen and oxygen atoms in total. The van der Waals surface area contributed by atoms with Crippen LogP contribution in [-0.2, 0) is 4.74 Å². The Labute approximate surface area is 145 Å². The number of nitrogen functional groups attached to an aromatic ring is 1. The lowest BCUT2D eigenvalue weighted by molar-refractivity contribution is -0.0756. The minimum absolute atomic E-state index is 0.145. The zero-order valence-electron chi connectivity index (χ0n) is 12.9. The number of halogens is 2. The number of rotatable bonds is 2. The summed E-state index contributed by atoms with van der Waals surface area (Å²) in [7, 11) is 0. The fraction of sp³-hybridized carbons (Fsp3) is 0.429. The van der Waals surface area contributed by atoms with Crippen molar-refractivity contribution in [2.75, 3.05) is 5.73 Å². The van der Waals surface area contributed by atoms with Crippen LogP contribution in [0.1, 0.15) is 13.2 Å². The standard InChI is InChI=1S/C14H15ClFN5O4/c1-5(22)8-9(23)14(18,2-3-15)12(25-8)21-4-6(16)7-10(21)19-13(17)20-11(7)24/h4-5,8-9,12,22-23H,18H2,1H3,(H3,17,19,20,24)/t5-,8-,9+,12-,14?/m1/s1. The molecule has 1 unspecified atom stereocenters. The molecule has 3 heterocycles. The van der Waals surface area contributed by atoms with E-state index in [1.165, 1.54) is 6.92 Å². The van der Waals surface area contributed by atoms with Gasteiger partial charge in [-0.3, -0.25) is 14.3 Å². The zero-order chi connectivity index (χ0) is 18.5. The van der Waals surface area contributed by atoms with Gasteiger partial charge in [0.25, 0.3) is 5.56 Å². The van der Waals surface area contributed by atoms with E-state index in [0.29, 0.717) is 0 Å². The van der Waals surface area contributed by atoms with Crippen molar-refractivity contribution in [3.63, 3.8) is 0 Å². The van der Waals surface area contributed by atoms with Crippen LogP contribution >= 0.6 is 11.6 Å². The third-order valence-electron chi connectivity index (χ3n) is 4.14. The molecule has 3 rings (SSSR count). The zero-order valence-corrected chi connectivity index (χ0v) is 13.7. The van der Waals surface area contributed by atoms with Crippen molar-refractivity contribution in [1.82, 2.24) is 14.5 Å².